The van der Waals surface area contributed by atoms with Gasteiger partial charge >= 0.3 is 0 Å². The zero-order chi connectivity index (χ0) is 8.97. The van der Waals surface area contributed by atoms with E-state index in [0.717, 1.165) is 3.79 Å². The summed E-state index contributed by atoms with van der Waals surface area (Å²) < 4.78 is 0.927. The van der Waals surface area contributed by atoms with Gasteiger partial charge in [-0.05, 0) is 22.0 Å². The molecule has 1 aromatic rings. The van der Waals surface area contributed by atoms with Gasteiger partial charge in [0.05, 0.1) is 16.0 Å². The van der Waals surface area contributed by atoms with Crippen molar-refractivity contribution in [3.05, 3.63) is 20.8 Å². The number of amides is 1. The first-order valence-corrected chi connectivity index (χ1v) is 5.04. The molecule has 0 saturated heterocycles. The van der Waals surface area contributed by atoms with Crippen LogP contribution in [0.15, 0.2) is 15.2 Å². The molecule has 0 atom stereocenters. The number of hydrogen-bond acceptors (Lipinski definition) is 3. The highest BCUT2D eigenvalue weighted by Crippen LogP contribution is 2.20. The van der Waals surface area contributed by atoms with Crippen molar-refractivity contribution in [3.63, 3.8) is 0 Å². The van der Waals surface area contributed by atoms with Crippen molar-refractivity contribution < 1.29 is 9.90 Å². The minimum absolute atomic E-state index is 0.0307. The molecule has 0 radical (unpaired) electrons. The minimum Gasteiger partial charge on any atom is -0.395 e. The smallest absolute Gasteiger partial charge is 0.252 e. The maximum Gasteiger partial charge on any atom is 0.252 e. The van der Waals surface area contributed by atoms with Gasteiger partial charge in [0, 0.05) is 11.9 Å². The Labute approximate surface area is 82.5 Å². The normalized spacial score (nSPS) is 9.83. The van der Waals surface area contributed by atoms with Crippen LogP contribution in [0.4, 0.5) is 0 Å². The molecule has 3 nitrogen and oxygen atoms in total. The van der Waals surface area contributed by atoms with Crippen LogP contribution in [0.25, 0.3) is 0 Å². The quantitative estimate of drug-likeness (QED) is 0.847. The van der Waals surface area contributed by atoms with E-state index in [-0.39, 0.29) is 12.5 Å². The van der Waals surface area contributed by atoms with Crippen LogP contribution in [0.1, 0.15) is 10.4 Å². The molecule has 1 heterocycles. The van der Waals surface area contributed by atoms with Gasteiger partial charge in [-0.2, -0.15) is 0 Å². The Balaban J connectivity index is 2.53. The Morgan fingerprint density at radius 1 is 1.75 bits per heavy atom. The number of thiophene rings is 1. The Morgan fingerprint density at radius 2 is 2.50 bits per heavy atom. The molecule has 0 spiro atoms. The van der Waals surface area contributed by atoms with Crippen molar-refractivity contribution in [3.8, 4) is 0 Å². The third-order valence-electron chi connectivity index (χ3n) is 1.23. The van der Waals surface area contributed by atoms with Crippen molar-refractivity contribution in [2.45, 2.75) is 0 Å². The predicted octanol–water partition coefficient (Wildman–Crippen LogP) is 1.23. The number of halogens is 1. The molecule has 1 aromatic heterocycles. The first-order chi connectivity index (χ1) is 5.74. The second kappa shape index (κ2) is 4.59. The van der Waals surface area contributed by atoms with E-state index < -0.39 is 0 Å². The molecule has 0 aliphatic carbocycles. The number of aliphatic hydroxyl groups is 1. The van der Waals surface area contributed by atoms with E-state index in [4.69, 9.17) is 5.11 Å². The molecule has 1 rings (SSSR count). The molecule has 12 heavy (non-hydrogen) atoms. The summed E-state index contributed by atoms with van der Waals surface area (Å²) in [7, 11) is 0. The highest BCUT2D eigenvalue weighted by molar-refractivity contribution is 9.11. The largest absolute Gasteiger partial charge is 0.395 e. The van der Waals surface area contributed by atoms with E-state index in [0.29, 0.717) is 12.1 Å². The van der Waals surface area contributed by atoms with E-state index in [2.05, 4.69) is 21.2 Å². The monoisotopic (exact) mass is 249 g/mol. The van der Waals surface area contributed by atoms with Crippen molar-refractivity contribution >= 4 is 33.2 Å². The summed E-state index contributed by atoms with van der Waals surface area (Å²) in [4.78, 5) is 11.2. The molecule has 5 heteroatoms. The van der Waals surface area contributed by atoms with Crippen molar-refractivity contribution in [1.82, 2.24) is 5.32 Å². The maximum absolute atomic E-state index is 11.2. The lowest BCUT2D eigenvalue weighted by molar-refractivity contribution is 0.0945. The topological polar surface area (TPSA) is 49.3 Å². The fourth-order valence-electron chi connectivity index (χ4n) is 0.701. The van der Waals surface area contributed by atoms with Crippen LogP contribution < -0.4 is 5.32 Å². The van der Waals surface area contributed by atoms with E-state index >= 15 is 0 Å². The summed E-state index contributed by atoms with van der Waals surface area (Å²) in [6.07, 6.45) is 0. The third-order valence-corrected chi connectivity index (χ3v) is 2.73. The van der Waals surface area contributed by atoms with Gasteiger partial charge in [0.15, 0.2) is 0 Å². The summed E-state index contributed by atoms with van der Waals surface area (Å²) in [6, 6.07) is 1.75. The van der Waals surface area contributed by atoms with Crippen LogP contribution in [0.2, 0.25) is 0 Å². The molecule has 0 aromatic carbocycles. The van der Waals surface area contributed by atoms with Gasteiger partial charge in [-0.1, -0.05) is 0 Å². The van der Waals surface area contributed by atoms with E-state index in [9.17, 15) is 4.79 Å². The molecule has 0 saturated carbocycles. The lowest BCUT2D eigenvalue weighted by Gasteiger charge is -1.98. The lowest BCUT2D eigenvalue weighted by Crippen LogP contribution is -2.25. The first-order valence-electron chi connectivity index (χ1n) is 3.37. The first kappa shape index (κ1) is 9.70. The van der Waals surface area contributed by atoms with Crippen LogP contribution >= 0.6 is 27.3 Å². The molecule has 66 valence electrons. The van der Waals surface area contributed by atoms with Crippen molar-refractivity contribution in [2.75, 3.05) is 13.2 Å². The second-order valence-corrected chi connectivity index (χ2v) is 4.41. The van der Waals surface area contributed by atoms with Gasteiger partial charge in [0.2, 0.25) is 0 Å². The summed E-state index contributed by atoms with van der Waals surface area (Å²) in [5.74, 6) is -0.147. The molecule has 0 aliphatic heterocycles. The number of hydrogen-bond donors (Lipinski definition) is 2. The minimum atomic E-state index is -0.147. The summed E-state index contributed by atoms with van der Waals surface area (Å²) in [6.45, 7) is 0.267. The molecule has 0 bridgehead atoms. The lowest BCUT2D eigenvalue weighted by atomic mass is 10.3. The number of rotatable bonds is 3. The van der Waals surface area contributed by atoms with Crippen molar-refractivity contribution in [2.24, 2.45) is 0 Å². The van der Waals surface area contributed by atoms with Gasteiger partial charge in [0.25, 0.3) is 5.91 Å². The second-order valence-electron chi connectivity index (χ2n) is 2.12. The molecule has 0 aliphatic rings. The zero-order valence-corrected chi connectivity index (χ0v) is 8.61. The van der Waals surface area contributed by atoms with Crippen LogP contribution in [0, 0.1) is 0 Å². The predicted molar refractivity (Wildman–Crippen MR) is 51.4 cm³/mol. The maximum atomic E-state index is 11.2. The number of nitrogens with one attached hydrogen (secondary N) is 1. The summed E-state index contributed by atoms with van der Waals surface area (Å²) in [5, 5.41) is 12.8. The summed E-state index contributed by atoms with van der Waals surface area (Å²) in [5.41, 5.74) is 0.625. The van der Waals surface area contributed by atoms with E-state index in [1.807, 2.05) is 0 Å². The molecular formula is C7H8BrNO2S. The number of carbonyl (C=O) groups is 1. The highest BCUT2D eigenvalue weighted by atomic mass is 79.9. The van der Waals surface area contributed by atoms with Gasteiger partial charge < -0.3 is 10.4 Å². The average molecular weight is 250 g/mol. The van der Waals surface area contributed by atoms with Gasteiger partial charge in [0.1, 0.15) is 0 Å². The Hall–Kier alpha value is -0.390. The van der Waals surface area contributed by atoms with Gasteiger partial charge in [-0.3, -0.25) is 4.79 Å². The van der Waals surface area contributed by atoms with Gasteiger partial charge in [-0.25, -0.2) is 0 Å². The third kappa shape index (κ3) is 2.58. The van der Waals surface area contributed by atoms with Crippen LogP contribution in [-0.2, 0) is 0 Å². The number of aliphatic hydroxyl groups excluding tert-OH is 1. The van der Waals surface area contributed by atoms with E-state index in [1.54, 1.807) is 11.4 Å². The van der Waals surface area contributed by atoms with Crippen molar-refractivity contribution in [1.29, 1.82) is 0 Å². The fourth-order valence-corrected chi connectivity index (χ4v) is 1.84. The molecular weight excluding hydrogens is 242 g/mol. The molecule has 0 unspecified atom stereocenters. The highest BCUT2D eigenvalue weighted by Gasteiger charge is 2.05. The SMILES string of the molecule is O=C(NCCO)c1csc(Br)c1. The Kier molecular flexibility index (Phi) is 3.71. The van der Waals surface area contributed by atoms with Crippen LogP contribution in [0.5, 0.6) is 0 Å². The summed E-state index contributed by atoms with van der Waals surface area (Å²) >= 11 is 4.72. The van der Waals surface area contributed by atoms with Crippen LogP contribution in [0.3, 0.4) is 0 Å². The molecule has 1 amide bonds. The van der Waals surface area contributed by atoms with Crippen LogP contribution in [-0.4, -0.2) is 24.2 Å². The number of carbonyl (C=O) groups excluding carboxylic acids is 1. The average Bonchev–Trinajstić information content (AvgIpc) is 2.47. The van der Waals surface area contributed by atoms with E-state index in [1.165, 1.54) is 11.3 Å². The Bertz CT molecular complexity index is 274. The Morgan fingerprint density at radius 3 is 3.00 bits per heavy atom. The fraction of sp³-hybridized carbons (Fsp3) is 0.286. The van der Waals surface area contributed by atoms with Gasteiger partial charge in [-0.15, -0.1) is 11.3 Å². The molecule has 0 fully saturated rings. The zero-order valence-electron chi connectivity index (χ0n) is 6.21. The standard InChI is InChI=1S/C7H8BrNO2S/c8-6-3-5(4-12-6)7(11)9-1-2-10/h3-4,10H,1-2H2,(H,9,11). The molecule has 2 N–H and O–H groups in total.